The van der Waals surface area contributed by atoms with E-state index in [0.29, 0.717) is 0 Å². The van der Waals surface area contributed by atoms with Crippen molar-refractivity contribution in [2.75, 3.05) is 20.1 Å². The molecular formula is C15H26N2. The van der Waals surface area contributed by atoms with Crippen molar-refractivity contribution in [2.24, 2.45) is 0 Å². The van der Waals surface area contributed by atoms with Gasteiger partial charge in [0.1, 0.15) is 0 Å². The van der Waals surface area contributed by atoms with Gasteiger partial charge in [0.25, 0.3) is 0 Å². The van der Waals surface area contributed by atoms with Crippen molar-refractivity contribution < 1.29 is 0 Å². The Kier molecular flexibility index (Phi) is 6.90. The third-order valence-corrected chi connectivity index (χ3v) is 2.86. The summed E-state index contributed by atoms with van der Waals surface area (Å²) in [4.78, 5) is 2.54. The predicted molar refractivity (Wildman–Crippen MR) is 75.1 cm³/mol. The van der Waals surface area contributed by atoms with Crippen LogP contribution in [0.1, 0.15) is 37.8 Å². The first-order chi connectivity index (χ1) is 8.30. The van der Waals surface area contributed by atoms with Crippen molar-refractivity contribution >= 4 is 0 Å². The normalized spacial score (nSPS) is 11.1. The Hall–Kier alpha value is -0.860. The molecule has 1 aromatic rings. The fourth-order valence-electron chi connectivity index (χ4n) is 2.20. The zero-order chi connectivity index (χ0) is 12.5. The summed E-state index contributed by atoms with van der Waals surface area (Å²) in [5, 5.41) is 3.20. The Morgan fingerprint density at radius 1 is 1.06 bits per heavy atom. The van der Waals surface area contributed by atoms with E-state index in [9.17, 15) is 0 Å². The average molecular weight is 234 g/mol. The second-order valence-electron chi connectivity index (χ2n) is 4.63. The van der Waals surface area contributed by atoms with E-state index in [4.69, 9.17) is 0 Å². The van der Waals surface area contributed by atoms with Crippen LogP contribution in [0, 0.1) is 0 Å². The quantitative estimate of drug-likeness (QED) is 0.744. The first-order valence-corrected chi connectivity index (χ1v) is 6.74. The molecule has 0 fully saturated rings. The summed E-state index contributed by atoms with van der Waals surface area (Å²) >= 11 is 0. The van der Waals surface area contributed by atoms with E-state index in [2.05, 4.69) is 48.3 Å². The van der Waals surface area contributed by atoms with E-state index in [-0.39, 0.29) is 0 Å². The molecule has 0 heterocycles. The minimum atomic E-state index is 0.954. The van der Waals surface area contributed by atoms with Gasteiger partial charge in [0.05, 0.1) is 0 Å². The van der Waals surface area contributed by atoms with Gasteiger partial charge >= 0.3 is 0 Å². The fourth-order valence-corrected chi connectivity index (χ4v) is 2.20. The minimum absolute atomic E-state index is 0.954. The molecule has 1 N–H and O–H groups in total. The maximum Gasteiger partial charge on any atom is 0.0233 e. The zero-order valence-electron chi connectivity index (χ0n) is 11.5. The van der Waals surface area contributed by atoms with Crippen molar-refractivity contribution in [2.45, 2.75) is 39.8 Å². The Morgan fingerprint density at radius 3 is 2.29 bits per heavy atom. The van der Waals surface area contributed by atoms with Gasteiger partial charge in [0, 0.05) is 13.1 Å². The zero-order valence-corrected chi connectivity index (χ0v) is 11.5. The Labute approximate surface area is 106 Å². The second-order valence-corrected chi connectivity index (χ2v) is 4.63. The van der Waals surface area contributed by atoms with E-state index < -0.39 is 0 Å². The van der Waals surface area contributed by atoms with Crippen LogP contribution < -0.4 is 5.32 Å². The smallest absolute Gasteiger partial charge is 0.0233 e. The Morgan fingerprint density at radius 2 is 1.71 bits per heavy atom. The van der Waals surface area contributed by atoms with E-state index in [1.165, 1.54) is 37.1 Å². The highest BCUT2D eigenvalue weighted by Crippen LogP contribution is 2.09. The van der Waals surface area contributed by atoms with Crippen LogP contribution in [0.4, 0.5) is 0 Å². The SMILES string of the molecule is CCCN(CCC)Cc1cccc(CNC)c1. The molecule has 0 radical (unpaired) electrons. The van der Waals surface area contributed by atoms with Gasteiger partial charge in [-0.25, -0.2) is 0 Å². The number of hydrogen-bond donors (Lipinski definition) is 1. The van der Waals surface area contributed by atoms with Crippen molar-refractivity contribution in [3.05, 3.63) is 35.4 Å². The first-order valence-electron chi connectivity index (χ1n) is 6.74. The molecule has 0 aromatic heterocycles. The van der Waals surface area contributed by atoms with Gasteiger partial charge in [0.2, 0.25) is 0 Å². The van der Waals surface area contributed by atoms with Crippen molar-refractivity contribution in [3.8, 4) is 0 Å². The highest BCUT2D eigenvalue weighted by atomic mass is 15.1. The molecule has 0 spiro atoms. The molecule has 0 saturated heterocycles. The highest BCUT2D eigenvalue weighted by Gasteiger charge is 2.04. The molecule has 1 rings (SSSR count). The summed E-state index contributed by atoms with van der Waals surface area (Å²) in [7, 11) is 1.99. The van der Waals surface area contributed by atoms with Gasteiger partial charge in [-0.2, -0.15) is 0 Å². The van der Waals surface area contributed by atoms with Gasteiger partial charge in [-0.05, 0) is 44.1 Å². The van der Waals surface area contributed by atoms with Gasteiger partial charge in [0.15, 0.2) is 0 Å². The van der Waals surface area contributed by atoms with E-state index in [1.807, 2.05) is 7.05 Å². The van der Waals surface area contributed by atoms with Crippen LogP contribution >= 0.6 is 0 Å². The van der Waals surface area contributed by atoms with E-state index in [1.54, 1.807) is 0 Å². The van der Waals surface area contributed by atoms with Crippen LogP contribution in [-0.4, -0.2) is 25.0 Å². The summed E-state index contributed by atoms with van der Waals surface area (Å²) in [6, 6.07) is 8.90. The molecular weight excluding hydrogens is 208 g/mol. The summed E-state index contributed by atoms with van der Waals surface area (Å²) in [5.41, 5.74) is 2.80. The number of benzene rings is 1. The highest BCUT2D eigenvalue weighted by molar-refractivity contribution is 5.23. The fraction of sp³-hybridized carbons (Fsp3) is 0.600. The lowest BCUT2D eigenvalue weighted by Crippen LogP contribution is -2.24. The van der Waals surface area contributed by atoms with E-state index in [0.717, 1.165) is 13.1 Å². The molecule has 0 unspecified atom stereocenters. The molecule has 1 aromatic carbocycles. The van der Waals surface area contributed by atoms with Crippen LogP contribution in [0.15, 0.2) is 24.3 Å². The minimum Gasteiger partial charge on any atom is -0.316 e. The van der Waals surface area contributed by atoms with Gasteiger partial charge < -0.3 is 5.32 Å². The molecule has 2 heteroatoms. The molecule has 0 aliphatic heterocycles. The lowest BCUT2D eigenvalue weighted by Gasteiger charge is -2.21. The van der Waals surface area contributed by atoms with Crippen LogP contribution in [-0.2, 0) is 13.1 Å². The molecule has 0 aliphatic rings. The van der Waals surface area contributed by atoms with Crippen LogP contribution in [0.25, 0.3) is 0 Å². The lowest BCUT2D eigenvalue weighted by atomic mass is 10.1. The molecule has 0 aliphatic carbocycles. The number of nitrogens with zero attached hydrogens (tertiary/aromatic N) is 1. The van der Waals surface area contributed by atoms with Crippen LogP contribution in [0.5, 0.6) is 0 Å². The van der Waals surface area contributed by atoms with Crippen molar-refractivity contribution in [1.29, 1.82) is 0 Å². The van der Waals surface area contributed by atoms with Crippen molar-refractivity contribution in [1.82, 2.24) is 10.2 Å². The largest absolute Gasteiger partial charge is 0.316 e. The maximum atomic E-state index is 3.20. The number of hydrogen-bond acceptors (Lipinski definition) is 2. The standard InChI is InChI=1S/C15H26N2/c1-4-9-17(10-5-2)13-15-8-6-7-14(11-15)12-16-3/h6-8,11,16H,4-5,9-10,12-13H2,1-3H3. The average Bonchev–Trinajstić information content (AvgIpc) is 2.30. The molecule has 96 valence electrons. The second kappa shape index (κ2) is 8.26. The van der Waals surface area contributed by atoms with Crippen molar-refractivity contribution in [3.63, 3.8) is 0 Å². The molecule has 0 atom stereocenters. The first kappa shape index (κ1) is 14.2. The molecule has 2 nitrogen and oxygen atoms in total. The van der Waals surface area contributed by atoms with Gasteiger partial charge in [-0.1, -0.05) is 38.1 Å². The molecule has 0 saturated carbocycles. The molecule has 0 bridgehead atoms. The Balaban J connectivity index is 2.60. The topological polar surface area (TPSA) is 15.3 Å². The third-order valence-electron chi connectivity index (χ3n) is 2.86. The summed E-state index contributed by atoms with van der Waals surface area (Å²) in [6.07, 6.45) is 2.46. The van der Waals surface area contributed by atoms with Gasteiger partial charge in [-0.3, -0.25) is 4.90 Å². The molecule has 0 amide bonds. The monoisotopic (exact) mass is 234 g/mol. The summed E-state index contributed by atoms with van der Waals surface area (Å²) in [6.45, 7) is 8.93. The summed E-state index contributed by atoms with van der Waals surface area (Å²) in [5.74, 6) is 0. The summed E-state index contributed by atoms with van der Waals surface area (Å²) < 4.78 is 0. The third kappa shape index (κ3) is 5.33. The number of nitrogens with one attached hydrogen (secondary N) is 1. The predicted octanol–water partition coefficient (Wildman–Crippen LogP) is 3.03. The maximum absolute atomic E-state index is 3.20. The van der Waals surface area contributed by atoms with E-state index >= 15 is 0 Å². The van der Waals surface area contributed by atoms with Crippen LogP contribution in [0.2, 0.25) is 0 Å². The molecule has 17 heavy (non-hydrogen) atoms. The lowest BCUT2D eigenvalue weighted by molar-refractivity contribution is 0.266. The van der Waals surface area contributed by atoms with Gasteiger partial charge in [-0.15, -0.1) is 0 Å². The van der Waals surface area contributed by atoms with Crippen LogP contribution in [0.3, 0.4) is 0 Å². The Bertz CT molecular complexity index is 304. The number of rotatable bonds is 8.